The van der Waals surface area contributed by atoms with Gasteiger partial charge >= 0.3 is 0 Å². The zero-order chi connectivity index (χ0) is 24.2. The van der Waals surface area contributed by atoms with Gasteiger partial charge < -0.3 is 0 Å². The van der Waals surface area contributed by atoms with Gasteiger partial charge in [-0.25, -0.2) is 5.01 Å². The first-order valence-electron chi connectivity index (χ1n) is 12.6. The highest BCUT2D eigenvalue weighted by atomic mass is 16.2. The van der Waals surface area contributed by atoms with Crippen LogP contribution in [0.2, 0.25) is 0 Å². The second-order valence-electron chi connectivity index (χ2n) is 9.82. The molecule has 0 N–H and O–H groups in total. The lowest BCUT2D eigenvalue weighted by Crippen LogP contribution is -2.49. The number of nitrogens with zero attached hydrogens (tertiary/aromatic N) is 4. The van der Waals surface area contributed by atoms with Crippen LogP contribution in [0.25, 0.3) is 0 Å². The third-order valence-electron chi connectivity index (χ3n) is 7.09. The lowest BCUT2D eigenvalue weighted by atomic mass is 9.97. The SMILES string of the molecule is Cc1ccc(C2=NN(C(=O)CN3CCN(Cc4ccccc4)CC3)[C@H](c3ccc(C)cc3)C2)cc1. The number of benzene rings is 3. The molecule has 0 aromatic heterocycles. The van der Waals surface area contributed by atoms with E-state index in [1.807, 2.05) is 0 Å². The molecule has 0 saturated carbocycles. The molecule has 1 fully saturated rings. The molecule has 0 radical (unpaired) electrons. The summed E-state index contributed by atoms with van der Waals surface area (Å²) >= 11 is 0. The van der Waals surface area contributed by atoms with E-state index < -0.39 is 0 Å². The summed E-state index contributed by atoms with van der Waals surface area (Å²) in [6.07, 6.45) is 0.739. The Morgan fingerprint density at radius 1 is 0.800 bits per heavy atom. The molecule has 2 aliphatic heterocycles. The summed E-state index contributed by atoms with van der Waals surface area (Å²) in [5, 5.41) is 6.61. The van der Waals surface area contributed by atoms with Gasteiger partial charge in [0.05, 0.1) is 18.3 Å². The summed E-state index contributed by atoms with van der Waals surface area (Å²) in [7, 11) is 0. The molecule has 1 amide bonds. The van der Waals surface area contributed by atoms with Crippen molar-refractivity contribution in [2.75, 3.05) is 32.7 Å². The molecule has 3 aromatic rings. The summed E-state index contributed by atoms with van der Waals surface area (Å²) in [5.41, 5.74) is 7.00. The molecule has 0 bridgehead atoms. The standard InChI is InChI=1S/C30H34N4O/c1-23-8-12-26(13-9-23)28-20-29(27-14-10-24(2)11-15-27)34(31-28)30(35)22-33-18-16-32(17-19-33)21-25-6-4-3-5-7-25/h3-15,29H,16-22H2,1-2H3/t29-/m0/s1. The van der Waals surface area contributed by atoms with E-state index in [0.29, 0.717) is 6.54 Å². The van der Waals surface area contributed by atoms with E-state index >= 15 is 0 Å². The lowest BCUT2D eigenvalue weighted by molar-refractivity contribution is -0.134. The van der Waals surface area contributed by atoms with Gasteiger partial charge in [0.25, 0.3) is 5.91 Å². The molecule has 180 valence electrons. The molecule has 2 aliphatic rings. The van der Waals surface area contributed by atoms with Crippen LogP contribution in [0.3, 0.4) is 0 Å². The summed E-state index contributed by atoms with van der Waals surface area (Å²) in [6.45, 7) is 9.30. The Balaban J connectivity index is 1.26. The number of hydrazone groups is 1. The van der Waals surface area contributed by atoms with Crippen molar-refractivity contribution >= 4 is 11.6 Å². The quantitative estimate of drug-likeness (QED) is 0.524. The van der Waals surface area contributed by atoms with Gasteiger partial charge in [0.15, 0.2) is 0 Å². The average Bonchev–Trinajstić information content (AvgIpc) is 3.32. The van der Waals surface area contributed by atoms with Crippen molar-refractivity contribution in [2.45, 2.75) is 32.9 Å². The second-order valence-corrected chi connectivity index (χ2v) is 9.82. The van der Waals surface area contributed by atoms with Gasteiger partial charge in [0.1, 0.15) is 0 Å². The van der Waals surface area contributed by atoms with Crippen molar-refractivity contribution in [2.24, 2.45) is 5.10 Å². The van der Waals surface area contributed by atoms with Crippen LogP contribution in [-0.2, 0) is 11.3 Å². The molecule has 0 aliphatic carbocycles. The minimum atomic E-state index is -0.0567. The van der Waals surface area contributed by atoms with Crippen molar-refractivity contribution in [3.05, 3.63) is 107 Å². The number of hydrogen-bond acceptors (Lipinski definition) is 4. The fourth-order valence-corrected chi connectivity index (χ4v) is 4.92. The monoisotopic (exact) mass is 466 g/mol. The maximum atomic E-state index is 13.5. The number of aryl methyl sites for hydroxylation is 2. The van der Waals surface area contributed by atoms with Crippen LogP contribution in [0, 0.1) is 13.8 Å². The van der Waals surface area contributed by atoms with Crippen molar-refractivity contribution < 1.29 is 4.79 Å². The number of hydrogen-bond donors (Lipinski definition) is 0. The Morgan fingerprint density at radius 2 is 1.40 bits per heavy atom. The van der Waals surface area contributed by atoms with Crippen LogP contribution in [0.1, 0.15) is 40.3 Å². The van der Waals surface area contributed by atoms with Crippen LogP contribution in [0.5, 0.6) is 0 Å². The highest BCUT2D eigenvalue weighted by Crippen LogP contribution is 2.33. The smallest absolute Gasteiger partial charge is 0.257 e. The fourth-order valence-electron chi connectivity index (χ4n) is 4.92. The largest absolute Gasteiger partial charge is 0.297 e. The highest BCUT2D eigenvalue weighted by molar-refractivity contribution is 6.03. The van der Waals surface area contributed by atoms with Gasteiger partial charge in [0, 0.05) is 39.1 Å². The number of amides is 1. The predicted molar refractivity (Wildman–Crippen MR) is 141 cm³/mol. The van der Waals surface area contributed by atoms with Crippen LogP contribution in [0.4, 0.5) is 0 Å². The summed E-state index contributed by atoms with van der Waals surface area (Å²) < 4.78 is 0. The van der Waals surface area contributed by atoms with Gasteiger partial charge in [-0.15, -0.1) is 0 Å². The molecule has 5 rings (SSSR count). The Morgan fingerprint density at radius 3 is 2.06 bits per heavy atom. The topological polar surface area (TPSA) is 39.2 Å². The fraction of sp³-hybridized carbons (Fsp3) is 0.333. The number of carbonyl (C=O) groups excluding carboxylic acids is 1. The molecule has 1 saturated heterocycles. The first-order valence-corrected chi connectivity index (χ1v) is 12.6. The first kappa shape index (κ1) is 23.5. The van der Waals surface area contributed by atoms with Crippen LogP contribution in [0.15, 0.2) is 84.0 Å². The molecule has 3 aromatic carbocycles. The van der Waals surface area contributed by atoms with Crippen molar-refractivity contribution in [1.82, 2.24) is 14.8 Å². The van der Waals surface area contributed by atoms with E-state index in [1.165, 1.54) is 16.7 Å². The maximum Gasteiger partial charge on any atom is 0.257 e. The van der Waals surface area contributed by atoms with E-state index in [-0.39, 0.29) is 11.9 Å². The van der Waals surface area contributed by atoms with Gasteiger partial charge in [-0.3, -0.25) is 14.6 Å². The Hall–Kier alpha value is -3.28. The van der Waals surface area contributed by atoms with Crippen LogP contribution < -0.4 is 0 Å². The van der Waals surface area contributed by atoms with Gasteiger partial charge in [-0.05, 0) is 30.5 Å². The maximum absolute atomic E-state index is 13.5. The molecule has 35 heavy (non-hydrogen) atoms. The number of rotatable bonds is 6. The predicted octanol–water partition coefficient (Wildman–Crippen LogP) is 4.80. The molecule has 2 heterocycles. The van der Waals surface area contributed by atoms with Gasteiger partial charge in [-0.2, -0.15) is 5.10 Å². The zero-order valence-electron chi connectivity index (χ0n) is 20.7. The first-order chi connectivity index (χ1) is 17.0. The Bertz CT molecular complexity index is 1160. The number of piperazine rings is 1. The highest BCUT2D eigenvalue weighted by Gasteiger charge is 2.34. The van der Waals surface area contributed by atoms with Gasteiger partial charge in [-0.1, -0.05) is 90.0 Å². The van der Waals surface area contributed by atoms with E-state index in [4.69, 9.17) is 5.10 Å². The van der Waals surface area contributed by atoms with Crippen molar-refractivity contribution in [1.29, 1.82) is 0 Å². The van der Waals surface area contributed by atoms with E-state index in [2.05, 4.69) is 103 Å². The Labute approximate surface area is 208 Å². The van der Waals surface area contributed by atoms with E-state index in [9.17, 15) is 4.79 Å². The average molecular weight is 467 g/mol. The van der Waals surface area contributed by atoms with Crippen LogP contribution >= 0.6 is 0 Å². The zero-order valence-corrected chi connectivity index (χ0v) is 20.7. The van der Waals surface area contributed by atoms with Crippen molar-refractivity contribution in [3.63, 3.8) is 0 Å². The third-order valence-corrected chi connectivity index (χ3v) is 7.09. The van der Waals surface area contributed by atoms with E-state index in [1.54, 1.807) is 5.01 Å². The molecular formula is C30H34N4O. The van der Waals surface area contributed by atoms with Gasteiger partial charge in [0.2, 0.25) is 0 Å². The number of carbonyl (C=O) groups is 1. The minimum Gasteiger partial charge on any atom is -0.297 e. The Kier molecular flexibility index (Phi) is 7.07. The normalized spacial score (nSPS) is 19.1. The molecule has 0 spiro atoms. The van der Waals surface area contributed by atoms with Crippen molar-refractivity contribution in [3.8, 4) is 0 Å². The molecule has 5 heteroatoms. The molecular weight excluding hydrogens is 432 g/mol. The lowest BCUT2D eigenvalue weighted by Gasteiger charge is -2.35. The molecule has 1 atom stereocenters. The summed E-state index contributed by atoms with van der Waals surface area (Å²) in [6, 6.07) is 27.5. The second kappa shape index (κ2) is 10.5. The third kappa shape index (κ3) is 5.69. The molecule has 0 unspecified atom stereocenters. The minimum absolute atomic E-state index is 0.0567. The molecule has 5 nitrogen and oxygen atoms in total. The van der Waals surface area contributed by atoms with Crippen LogP contribution in [-0.4, -0.2) is 59.2 Å². The summed E-state index contributed by atoms with van der Waals surface area (Å²) in [4.78, 5) is 18.3. The summed E-state index contributed by atoms with van der Waals surface area (Å²) in [5.74, 6) is 0.0780. The van der Waals surface area contributed by atoms with E-state index in [0.717, 1.165) is 56.0 Å².